The van der Waals surface area contributed by atoms with Gasteiger partial charge in [0.25, 0.3) is 5.91 Å². The monoisotopic (exact) mass is 776 g/mol. The molecule has 0 bridgehead atoms. The van der Waals surface area contributed by atoms with E-state index in [1.807, 2.05) is 39.0 Å². The first kappa shape index (κ1) is 39.2. The van der Waals surface area contributed by atoms with Gasteiger partial charge in [-0.2, -0.15) is 0 Å². The summed E-state index contributed by atoms with van der Waals surface area (Å²) in [6, 6.07) is 5.26. The SMILES string of the molecule is CCc1ccc2nc(C)c3c(c2c1)CC[C@]1(C[C@H]2C(=O)N[C@]4(C(=O)NS(=O)(=O)C5(C)CC5)C[C@H]4/C=C\CCCCC[C@H](CC(=O)OCC(C)C)C(=O)N2C1)O3. The molecule has 1 aromatic carbocycles. The molecule has 5 atom stereocenters. The molecule has 1 saturated heterocycles. The second-order valence-corrected chi connectivity index (χ2v) is 19.6. The van der Waals surface area contributed by atoms with Crippen molar-refractivity contribution in [2.75, 3.05) is 13.2 Å². The summed E-state index contributed by atoms with van der Waals surface area (Å²) in [7, 11) is -3.97. The first-order valence-electron chi connectivity index (χ1n) is 20.2. The Balaban J connectivity index is 1.23. The van der Waals surface area contributed by atoms with Gasteiger partial charge in [-0.1, -0.05) is 51.8 Å². The first-order chi connectivity index (χ1) is 26.1. The van der Waals surface area contributed by atoms with Gasteiger partial charge in [0.15, 0.2) is 0 Å². The van der Waals surface area contributed by atoms with Crippen LogP contribution in [0.3, 0.4) is 0 Å². The summed E-state index contributed by atoms with van der Waals surface area (Å²) in [6.07, 6.45) is 10.7. The van der Waals surface area contributed by atoms with Crippen molar-refractivity contribution in [2.24, 2.45) is 17.8 Å². The average molecular weight is 777 g/mol. The lowest BCUT2D eigenvalue weighted by Crippen LogP contribution is -2.57. The molecule has 2 N–H and O–H groups in total. The van der Waals surface area contributed by atoms with Crippen molar-refractivity contribution in [1.29, 1.82) is 0 Å². The maximum absolute atomic E-state index is 14.8. The Morgan fingerprint density at radius 3 is 2.64 bits per heavy atom. The minimum absolute atomic E-state index is 0.104. The fourth-order valence-electron chi connectivity index (χ4n) is 8.61. The van der Waals surface area contributed by atoms with Crippen molar-refractivity contribution in [2.45, 2.75) is 140 Å². The van der Waals surface area contributed by atoms with Crippen LogP contribution in [0.25, 0.3) is 10.9 Å². The van der Waals surface area contributed by atoms with Crippen LogP contribution in [0.4, 0.5) is 0 Å². The van der Waals surface area contributed by atoms with E-state index in [0.717, 1.165) is 47.8 Å². The van der Waals surface area contributed by atoms with Crippen LogP contribution in [0.2, 0.25) is 0 Å². The highest BCUT2D eigenvalue weighted by atomic mass is 32.2. The van der Waals surface area contributed by atoms with E-state index in [1.165, 1.54) is 5.56 Å². The Hall–Kier alpha value is -4.00. The third kappa shape index (κ3) is 7.74. The van der Waals surface area contributed by atoms with Crippen LogP contribution in [0.5, 0.6) is 5.75 Å². The number of nitrogens with one attached hydrogen (secondary N) is 2. The molecule has 298 valence electrons. The van der Waals surface area contributed by atoms with Crippen LogP contribution in [0.15, 0.2) is 30.4 Å². The molecule has 0 unspecified atom stereocenters. The van der Waals surface area contributed by atoms with E-state index in [4.69, 9.17) is 14.5 Å². The van der Waals surface area contributed by atoms with Crippen molar-refractivity contribution in [3.63, 3.8) is 0 Å². The van der Waals surface area contributed by atoms with E-state index in [2.05, 4.69) is 29.1 Å². The highest BCUT2D eigenvalue weighted by molar-refractivity contribution is 7.91. The average Bonchev–Trinajstić information content (AvgIpc) is 4.04. The number of hydrogen-bond donors (Lipinski definition) is 2. The van der Waals surface area contributed by atoms with Crippen LogP contribution in [0, 0.1) is 24.7 Å². The quantitative estimate of drug-likeness (QED) is 0.265. The number of carbonyl (C=O) groups is 4. The van der Waals surface area contributed by atoms with E-state index in [-0.39, 0.29) is 44.2 Å². The standard InChI is InChI=1S/C42H56N4O8S/c1-6-28-14-15-33-32(20-28)31-16-17-41(54-36(31)27(4)43-33)23-34-37(48)44-42(39(50)45-55(51,52)40(5)18-19-40)22-30(42)13-11-9-7-8-10-12-29(38(49)46(34)25-41)21-35(47)53-24-26(2)3/h11,13-15,20,26,29-30,34H,6-10,12,16-19,21-25H2,1-5H3,(H,44,48)(H,45,50)/b13-11-/t29-,30-,34+,41-,42-/m1/s1. The number of allylic oxidation sites excluding steroid dienone is 1. The van der Waals surface area contributed by atoms with Gasteiger partial charge in [-0.15, -0.1) is 0 Å². The molecule has 12 nitrogen and oxygen atoms in total. The van der Waals surface area contributed by atoms with Gasteiger partial charge in [-0.3, -0.25) is 23.9 Å². The summed E-state index contributed by atoms with van der Waals surface area (Å²) in [4.78, 5) is 62.9. The molecule has 4 heterocycles. The van der Waals surface area contributed by atoms with Gasteiger partial charge in [0, 0.05) is 29.2 Å². The molecule has 1 aromatic heterocycles. The predicted octanol–water partition coefficient (Wildman–Crippen LogP) is 5.37. The summed E-state index contributed by atoms with van der Waals surface area (Å²) in [5.41, 5.74) is 1.46. The zero-order valence-electron chi connectivity index (χ0n) is 32.9. The van der Waals surface area contributed by atoms with E-state index < -0.39 is 61.6 Å². The fourth-order valence-corrected chi connectivity index (χ4v) is 9.92. The van der Waals surface area contributed by atoms with Gasteiger partial charge < -0.3 is 19.7 Å². The van der Waals surface area contributed by atoms with E-state index in [1.54, 1.807) is 11.8 Å². The third-order valence-corrected chi connectivity index (χ3v) is 14.7. The molecule has 3 fully saturated rings. The molecule has 1 spiro atoms. The number of fused-ring (bicyclic) bond motifs is 5. The molecule has 3 amide bonds. The van der Waals surface area contributed by atoms with Crippen molar-refractivity contribution in [3.8, 4) is 5.75 Å². The second-order valence-electron chi connectivity index (χ2n) is 17.4. The normalized spacial score (nSPS) is 29.6. The minimum Gasteiger partial charge on any atom is -0.483 e. The molecule has 55 heavy (non-hydrogen) atoms. The highest BCUT2D eigenvalue weighted by Gasteiger charge is 2.64. The molecule has 5 aliphatic rings. The van der Waals surface area contributed by atoms with E-state index in [9.17, 15) is 27.6 Å². The van der Waals surface area contributed by atoms with Gasteiger partial charge >= 0.3 is 5.97 Å². The fraction of sp³-hybridized carbons (Fsp3) is 0.643. The number of hydrogen-bond acceptors (Lipinski definition) is 9. The summed E-state index contributed by atoms with van der Waals surface area (Å²) < 4.78 is 40.2. The lowest BCUT2D eigenvalue weighted by molar-refractivity contribution is -0.151. The number of carbonyl (C=O) groups excluding carboxylic acids is 4. The number of amides is 3. The summed E-state index contributed by atoms with van der Waals surface area (Å²) in [5, 5.41) is 4.02. The molecule has 13 heteroatoms. The van der Waals surface area contributed by atoms with Crippen LogP contribution in [0.1, 0.15) is 115 Å². The van der Waals surface area contributed by atoms with Gasteiger partial charge in [0.05, 0.1) is 35.5 Å². The lowest BCUT2D eigenvalue weighted by atomic mass is 9.87. The first-order valence-corrected chi connectivity index (χ1v) is 21.7. The number of benzene rings is 1. The van der Waals surface area contributed by atoms with Crippen molar-refractivity contribution < 1.29 is 37.1 Å². The van der Waals surface area contributed by atoms with Crippen LogP contribution in [-0.2, 0) is 46.8 Å². The predicted molar refractivity (Wildman–Crippen MR) is 207 cm³/mol. The molecule has 2 aliphatic carbocycles. The van der Waals surface area contributed by atoms with Gasteiger partial charge in [0.1, 0.15) is 22.9 Å². The number of pyridine rings is 1. The van der Waals surface area contributed by atoms with Gasteiger partial charge in [-0.25, -0.2) is 13.4 Å². The zero-order chi connectivity index (χ0) is 39.3. The van der Waals surface area contributed by atoms with E-state index >= 15 is 0 Å². The number of aryl methyl sites for hydroxylation is 3. The molecule has 2 saturated carbocycles. The van der Waals surface area contributed by atoms with Crippen molar-refractivity contribution in [3.05, 3.63) is 47.2 Å². The largest absolute Gasteiger partial charge is 0.483 e. The Bertz CT molecular complexity index is 2030. The van der Waals surface area contributed by atoms with Gasteiger partial charge in [-0.05, 0) is 95.2 Å². The lowest BCUT2D eigenvalue weighted by Gasteiger charge is -2.36. The minimum atomic E-state index is -3.97. The number of esters is 1. The van der Waals surface area contributed by atoms with Crippen LogP contribution < -0.4 is 14.8 Å². The molecule has 0 radical (unpaired) electrons. The number of rotatable bonds is 8. The summed E-state index contributed by atoms with van der Waals surface area (Å²) >= 11 is 0. The Morgan fingerprint density at radius 1 is 1.13 bits per heavy atom. The second kappa shape index (κ2) is 14.8. The van der Waals surface area contributed by atoms with Crippen molar-refractivity contribution >= 4 is 44.6 Å². The van der Waals surface area contributed by atoms with Gasteiger partial charge in [0.2, 0.25) is 21.8 Å². The zero-order valence-corrected chi connectivity index (χ0v) is 33.7. The van der Waals surface area contributed by atoms with E-state index in [0.29, 0.717) is 44.3 Å². The Labute approximate surface area is 324 Å². The van der Waals surface area contributed by atoms with Crippen LogP contribution in [-0.4, -0.2) is 77.1 Å². The Kier molecular flexibility index (Phi) is 10.6. The summed E-state index contributed by atoms with van der Waals surface area (Å²) in [6.45, 7) is 9.90. The maximum Gasteiger partial charge on any atom is 0.306 e. The maximum atomic E-state index is 14.8. The highest BCUT2D eigenvalue weighted by Crippen LogP contribution is 2.49. The molecule has 2 aromatic rings. The number of sulfonamides is 1. The molecule has 3 aliphatic heterocycles. The third-order valence-electron chi connectivity index (χ3n) is 12.5. The topological polar surface area (TPSA) is 161 Å². The summed E-state index contributed by atoms with van der Waals surface area (Å²) in [5.74, 6) is -2.38. The van der Waals surface area contributed by atoms with Crippen molar-refractivity contribution in [1.82, 2.24) is 19.9 Å². The molecule has 7 rings (SSSR count). The number of nitrogens with zero attached hydrogens (tertiary/aromatic N) is 2. The number of ether oxygens (including phenoxy) is 2. The smallest absolute Gasteiger partial charge is 0.306 e. The number of aromatic nitrogens is 1. The van der Waals surface area contributed by atoms with Crippen LogP contribution >= 0.6 is 0 Å². The molecular weight excluding hydrogens is 721 g/mol. The Morgan fingerprint density at radius 2 is 1.91 bits per heavy atom. The molecular formula is C42H56N4O8S.